The molecule has 0 spiro atoms. The van der Waals surface area contributed by atoms with Crippen LogP contribution >= 0.6 is 11.3 Å². The van der Waals surface area contributed by atoms with Gasteiger partial charge in [0.05, 0.1) is 31.1 Å². The second kappa shape index (κ2) is 10.5. The molecule has 0 fully saturated rings. The normalized spacial score (nSPS) is 11.7. The molecule has 0 saturated heterocycles. The number of hydrogen-bond donors (Lipinski definition) is 1. The van der Waals surface area contributed by atoms with Crippen LogP contribution in [0.1, 0.15) is 33.8 Å². The van der Waals surface area contributed by atoms with E-state index in [0.717, 1.165) is 16.9 Å². The minimum absolute atomic E-state index is 0.231. The zero-order valence-corrected chi connectivity index (χ0v) is 20.4. The molecule has 1 N–H and O–H groups in total. The number of nitrogens with zero attached hydrogens (tertiary/aromatic N) is 2. The van der Waals surface area contributed by atoms with Gasteiger partial charge >= 0.3 is 5.97 Å². The Labute approximate surface area is 206 Å². The number of aryl methyl sites for hydroxylation is 1. The van der Waals surface area contributed by atoms with Gasteiger partial charge in [-0.05, 0) is 37.1 Å². The molecule has 4 rings (SSSR count). The average Bonchev–Trinajstić information content (AvgIpc) is 3.22. The third-order valence-corrected chi connectivity index (χ3v) is 6.87. The predicted octanol–water partition coefficient (Wildman–Crippen LogP) is 4.37. The van der Waals surface area contributed by atoms with Gasteiger partial charge in [0.25, 0.3) is 5.56 Å². The molecule has 0 aliphatic heterocycles. The summed E-state index contributed by atoms with van der Waals surface area (Å²) < 4.78 is 12.0. The minimum atomic E-state index is -0.843. The van der Waals surface area contributed by atoms with Crippen LogP contribution in [0.2, 0.25) is 0 Å². The van der Waals surface area contributed by atoms with Crippen molar-refractivity contribution in [3.8, 4) is 5.75 Å². The van der Waals surface area contributed by atoms with Gasteiger partial charge in [0, 0.05) is 6.42 Å². The Morgan fingerprint density at radius 3 is 2.57 bits per heavy atom. The van der Waals surface area contributed by atoms with Crippen molar-refractivity contribution in [2.75, 3.05) is 19.0 Å². The molecular weight excluding hydrogens is 466 g/mol. The van der Waals surface area contributed by atoms with Crippen molar-refractivity contribution >= 4 is 39.1 Å². The van der Waals surface area contributed by atoms with Gasteiger partial charge in [-0.15, -0.1) is 11.3 Å². The molecule has 180 valence electrons. The maximum atomic E-state index is 13.3. The molecule has 35 heavy (non-hydrogen) atoms. The summed E-state index contributed by atoms with van der Waals surface area (Å²) in [5.74, 6) is -0.376. The molecule has 2 aromatic carbocycles. The molecule has 4 aromatic rings. The van der Waals surface area contributed by atoms with Crippen molar-refractivity contribution in [1.29, 1.82) is 0 Å². The molecule has 1 amide bonds. The van der Waals surface area contributed by atoms with Crippen LogP contribution in [0, 0.1) is 6.92 Å². The quantitative estimate of drug-likeness (QED) is 0.368. The van der Waals surface area contributed by atoms with Crippen molar-refractivity contribution in [2.45, 2.75) is 26.3 Å². The van der Waals surface area contributed by atoms with E-state index in [4.69, 9.17) is 9.47 Å². The van der Waals surface area contributed by atoms with Crippen molar-refractivity contribution in [1.82, 2.24) is 9.55 Å². The number of anilines is 1. The number of carbonyl (C=O) groups is 2. The fourth-order valence-corrected chi connectivity index (χ4v) is 4.72. The maximum absolute atomic E-state index is 13.3. The standard InChI is InChI=1S/C26H25N3O5S/c1-16-21-24(35-22(16)26(32)34-14-13-18-9-5-4-6-10-18)27-15-29(25(21)31)17(2)23(30)28-19-11-7-8-12-20(19)33-3/h4-12,15,17H,13-14H2,1-3H3,(H,28,30). The van der Waals surface area contributed by atoms with Gasteiger partial charge in [-0.1, -0.05) is 42.5 Å². The topological polar surface area (TPSA) is 99.5 Å². The van der Waals surface area contributed by atoms with Crippen molar-refractivity contribution in [2.24, 2.45) is 0 Å². The maximum Gasteiger partial charge on any atom is 0.348 e. The van der Waals surface area contributed by atoms with Crippen LogP contribution in [0.25, 0.3) is 10.2 Å². The smallest absolute Gasteiger partial charge is 0.348 e. The lowest BCUT2D eigenvalue weighted by molar-refractivity contribution is -0.118. The van der Waals surface area contributed by atoms with Gasteiger partial charge in [-0.3, -0.25) is 14.2 Å². The van der Waals surface area contributed by atoms with Gasteiger partial charge in [0.15, 0.2) is 0 Å². The summed E-state index contributed by atoms with van der Waals surface area (Å²) in [5.41, 5.74) is 1.67. The van der Waals surface area contributed by atoms with Crippen LogP contribution in [0.15, 0.2) is 65.7 Å². The lowest BCUT2D eigenvalue weighted by Crippen LogP contribution is -2.31. The lowest BCUT2D eigenvalue weighted by Gasteiger charge is -2.16. The highest BCUT2D eigenvalue weighted by molar-refractivity contribution is 7.20. The number of esters is 1. The number of aromatic nitrogens is 2. The Morgan fingerprint density at radius 2 is 1.83 bits per heavy atom. The molecular formula is C26H25N3O5S. The predicted molar refractivity (Wildman–Crippen MR) is 135 cm³/mol. The van der Waals surface area contributed by atoms with E-state index in [9.17, 15) is 14.4 Å². The highest BCUT2D eigenvalue weighted by atomic mass is 32.1. The molecule has 0 aliphatic rings. The highest BCUT2D eigenvalue weighted by Gasteiger charge is 2.24. The number of fused-ring (bicyclic) bond motifs is 1. The van der Waals surface area contributed by atoms with Gasteiger partial charge in [-0.2, -0.15) is 0 Å². The summed E-state index contributed by atoms with van der Waals surface area (Å²) in [7, 11) is 1.51. The summed E-state index contributed by atoms with van der Waals surface area (Å²) in [6, 6.07) is 15.9. The van der Waals surface area contributed by atoms with E-state index in [2.05, 4.69) is 10.3 Å². The third kappa shape index (κ3) is 5.09. The SMILES string of the molecule is COc1ccccc1NC(=O)C(C)n1cnc2sc(C(=O)OCCc3ccccc3)c(C)c2c1=O. The molecule has 8 nitrogen and oxygen atoms in total. The van der Waals surface area contributed by atoms with Crippen molar-refractivity contribution in [3.05, 3.63) is 87.3 Å². The largest absolute Gasteiger partial charge is 0.495 e. The second-order valence-electron chi connectivity index (χ2n) is 7.93. The molecule has 2 aromatic heterocycles. The molecule has 0 radical (unpaired) electrons. The van der Waals surface area contributed by atoms with E-state index in [-0.39, 0.29) is 6.61 Å². The summed E-state index contributed by atoms with van der Waals surface area (Å²) in [4.78, 5) is 44.0. The molecule has 1 unspecified atom stereocenters. The number of methoxy groups -OCH3 is 1. The summed E-state index contributed by atoms with van der Waals surface area (Å²) in [6.45, 7) is 3.54. The zero-order chi connectivity index (χ0) is 24.9. The molecule has 0 aliphatic carbocycles. The molecule has 0 bridgehead atoms. The monoisotopic (exact) mass is 491 g/mol. The van der Waals surface area contributed by atoms with Crippen molar-refractivity contribution < 1.29 is 19.1 Å². The molecule has 9 heteroatoms. The van der Waals surface area contributed by atoms with Crippen molar-refractivity contribution in [3.63, 3.8) is 0 Å². The highest BCUT2D eigenvalue weighted by Crippen LogP contribution is 2.28. The number of nitrogens with one attached hydrogen (secondary N) is 1. The van der Waals surface area contributed by atoms with E-state index in [1.54, 1.807) is 38.1 Å². The molecule has 1 atom stereocenters. The number of para-hydroxylation sites is 2. The first-order chi connectivity index (χ1) is 16.9. The fourth-order valence-electron chi connectivity index (χ4n) is 3.69. The molecule has 2 heterocycles. The Bertz CT molecular complexity index is 1430. The second-order valence-corrected chi connectivity index (χ2v) is 8.93. The van der Waals surface area contributed by atoms with E-state index in [1.165, 1.54) is 18.0 Å². The number of hydrogen-bond acceptors (Lipinski definition) is 7. The number of rotatable bonds is 8. The van der Waals surface area contributed by atoms with Crippen LogP contribution < -0.4 is 15.6 Å². The zero-order valence-electron chi connectivity index (χ0n) is 19.6. The summed E-state index contributed by atoms with van der Waals surface area (Å²) in [5, 5.41) is 3.10. The van der Waals surface area contributed by atoms with Crippen LogP contribution in [-0.4, -0.2) is 35.1 Å². The number of benzene rings is 2. The number of carbonyl (C=O) groups excluding carboxylic acids is 2. The average molecular weight is 492 g/mol. The summed E-state index contributed by atoms with van der Waals surface area (Å²) >= 11 is 1.11. The molecule has 0 saturated carbocycles. The van der Waals surface area contributed by atoms with Gasteiger partial charge in [0.2, 0.25) is 5.91 Å². The van der Waals surface area contributed by atoms with Crippen LogP contribution in [-0.2, 0) is 16.0 Å². The van der Waals surface area contributed by atoms with Crippen LogP contribution in [0.3, 0.4) is 0 Å². The number of amides is 1. The first-order valence-corrected chi connectivity index (χ1v) is 11.9. The van der Waals surface area contributed by atoms with Gasteiger partial charge in [-0.25, -0.2) is 9.78 Å². The van der Waals surface area contributed by atoms with E-state index in [1.807, 2.05) is 30.3 Å². The van der Waals surface area contributed by atoms with E-state index < -0.39 is 23.5 Å². The van der Waals surface area contributed by atoms with Crippen LogP contribution in [0.4, 0.5) is 5.69 Å². The van der Waals surface area contributed by atoms with Crippen LogP contribution in [0.5, 0.6) is 5.75 Å². The fraction of sp³-hybridized carbons (Fsp3) is 0.231. The van der Waals surface area contributed by atoms with E-state index >= 15 is 0 Å². The Hall–Kier alpha value is -3.98. The van der Waals surface area contributed by atoms with Gasteiger partial charge < -0.3 is 14.8 Å². The first kappa shape index (κ1) is 24.2. The van der Waals surface area contributed by atoms with E-state index in [0.29, 0.717) is 38.5 Å². The summed E-state index contributed by atoms with van der Waals surface area (Å²) in [6.07, 6.45) is 1.93. The number of thiophene rings is 1. The first-order valence-electron chi connectivity index (χ1n) is 11.1. The Kier molecular flexibility index (Phi) is 7.26. The van der Waals surface area contributed by atoms with Gasteiger partial charge in [0.1, 0.15) is 21.5 Å². The third-order valence-electron chi connectivity index (χ3n) is 5.69. The Balaban J connectivity index is 1.53. The minimum Gasteiger partial charge on any atom is -0.495 e. The Morgan fingerprint density at radius 1 is 1.11 bits per heavy atom. The lowest BCUT2D eigenvalue weighted by atomic mass is 10.2. The number of ether oxygens (including phenoxy) is 2.